The van der Waals surface area contributed by atoms with E-state index in [0.717, 1.165) is 29.9 Å². The number of nitrogens with zero attached hydrogens (tertiary/aromatic N) is 4. The highest BCUT2D eigenvalue weighted by Crippen LogP contribution is 2.62. The Morgan fingerprint density at radius 1 is 0.877 bits per heavy atom. The Labute approximate surface area is 334 Å². The van der Waals surface area contributed by atoms with Crippen LogP contribution in [0.25, 0.3) is 0 Å². The van der Waals surface area contributed by atoms with Crippen LogP contribution in [0.1, 0.15) is 42.9 Å². The lowest BCUT2D eigenvalue weighted by atomic mass is 9.82. The summed E-state index contributed by atoms with van der Waals surface area (Å²) in [5.74, 6) is -1.21. The van der Waals surface area contributed by atoms with Gasteiger partial charge in [0.05, 0.1) is 37.5 Å². The highest BCUT2D eigenvalue weighted by Gasteiger charge is 2.67. The van der Waals surface area contributed by atoms with Crippen molar-refractivity contribution in [3.63, 3.8) is 0 Å². The number of benzene rings is 4. The second-order valence-electron chi connectivity index (χ2n) is 16.9. The molecule has 0 saturated carbocycles. The van der Waals surface area contributed by atoms with Gasteiger partial charge < -0.3 is 29.1 Å². The Hall–Kier alpha value is -4.88. The normalized spacial score (nSPS) is 26.8. The molecule has 5 aliphatic heterocycles. The zero-order chi connectivity index (χ0) is 39.7. The summed E-state index contributed by atoms with van der Waals surface area (Å²) < 4.78 is 23.9. The molecule has 57 heavy (non-hydrogen) atoms. The van der Waals surface area contributed by atoms with Gasteiger partial charge in [-0.2, -0.15) is 0 Å². The molecule has 12 heteroatoms. The standard InChI is InChI=1S/C45H50FN5O5Si/c1-30-41(57(2,3)46)39(26-40(53)48-27-32-13-11-10-12-31(32)24-36(48)28-52)56-45(30)37-25-35(18-19-38(37)51(43(45)55)34-16-8-5-9-17-34)49-29-50(33-14-6-4-7-15-33)44(42(49)54)20-22-47-23-21-44/h4-19,25,30,36,39,41,47,52H,20-24,26-29H2,1-3H3/t30-,36+,39+,41-,45+/m1/s1. The number of rotatable bonds is 7. The van der Waals surface area contributed by atoms with E-state index in [1.54, 1.807) is 22.9 Å². The Morgan fingerprint density at radius 3 is 2.19 bits per heavy atom. The fourth-order valence-electron chi connectivity index (χ4n) is 10.7. The van der Waals surface area contributed by atoms with Crippen molar-refractivity contribution in [1.82, 2.24) is 10.2 Å². The van der Waals surface area contributed by atoms with E-state index < -0.39 is 43.2 Å². The minimum atomic E-state index is -3.61. The zero-order valence-corrected chi connectivity index (χ0v) is 33.7. The molecule has 0 unspecified atom stereocenters. The van der Waals surface area contributed by atoms with Crippen LogP contribution in [-0.4, -0.2) is 80.2 Å². The van der Waals surface area contributed by atoms with Crippen molar-refractivity contribution < 1.29 is 28.3 Å². The van der Waals surface area contributed by atoms with Gasteiger partial charge in [-0.3, -0.25) is 24.2 Å². The van der Waals surface area contributed by atoms with Crippen molar-refractivity contribution in [2.75, 3.05) is 41.1 Å². The number of para-hydroxylation sites is 2. The lowest BCUT2D eigenvalue weighted by Gasteiger charge is -2.39. The molecule has 3 saturated heterocycles. The zero-order valence-electron chi connectivity index (χ0n) is 32.7. The predicted octanol–water partition coefficient (Wildman–Crippen LogP) is 6.41. The van der Waals surface area contributed by atoms with Crippen molar-refractivity contribution in [1.29, 1.82) is 0 Å². The van der Waals surface area contributed by atoms with Gasteiger partial charge in [-0.15, -0.1) is 0 Å². The van der Waals surface area contributed by atoms with Gasteiger partial charge in [0.15, 0.2) is 5.60 Å². The summed E-state index contributed by atoms with van der Waals surface area (Å²) in [7, 11) is -3.61. The molecular weight excluding hydrogens is 738 g/mol. The molecule has 5 heterocycles. The van der Waals surface area contributed by atoms with Crippen LogP contribution < -0.4 is 20.0 Å². The number of halogens is 1. The highest BCUT2D eigenvalue weighted by atomic mass is 28.4. The molecule has 3 amide bonds. The summed E-state index contributed by atoms with van der Waals surface area (Å²) in [6, 6.07) is 32.6. The van der Waals surface area contributed by atoms with Gasteiger partial charge in [0.1, 0.15) is 5.54 Å². The molecule has 5 atom stereocenters. The maximum Gasteiger partial charge on any atom is 0.268 e. The minimum Gasteiger partial charge on any atom is -0.394 e. The second kappa shape index (κ2) is 14.2. The number of anilines is 4. The van der Waals surface area contributed by atoms with Crippen molar-refractivity contribution in [2.45, 2.75) is 81.1 Å². The topological polar surface area (TPSA) is 106 Å². The maximum atomic E-state index is 16.9. The number of fused-ring (bicyclic) bond motifs is 3. The number of carbonyl (C=O) groups excluding carboxylic acids is 3. The molecule has 0 aromatic heterocycles. The van der Waals surface area contributed by atoms with Gasteiger partial charge in [-0.1, -0.05) is 67.6 Å². The van der Waals surface area contributed by atoms with Crippen molar-refractivity contribution in [2.24, 2.45) is 5.92 Å². The maximum absolute atomic E-state index is 16.9. The van der Waals surface area contributed by atoms with E-state index in [1.807, 2.05) is 115 Å². The highest BCUT2D eigenvalue weighted by molar-refractivity contribution is 6.72. The molecule has 4 aromatic carbocycles. The van der Waals surface area contributed by atoms with Crippen LogP contribution in [-0.2, 0) is 37.7 Å². The SMILES string of the molecule is C[C@@H]1[C@@H]([Si](C)(C)F)[C@H](CC(=O)N2Cc3ccccc3C[C@H]2CO)O[C@@]12C(=O)N(c1ccccc1)c1ccc(N3CN(c4ccccc4)C4(CCNCC4)C3=O)cc12. The smallest absolute Gasteiger partial charge is 0.268 e. The summed E-state index contributed by atoms with van der Waals surface area (Å²) in [4.78, 5) is 51.8. The van der Waals surface area contributed by atoms with Gasteiger partial charge >= 0.3 is 0 Å². The monoisotopic (exact) mass is 787 g/mol. The molecule has 2 spiro atoms. The molecule has 296 valence electrons. The summed E-state index contributed by atoms with van der Waals surface area (Å²) in [6.07, 6.45) is 0.801. The first-order valence-electron chi connectivity index (χ1n) is 20.2. The van der Waals surface area contributed by atoms with Crippen molar-refractivity contribution >= 4 is 48.9 Å². The summed E-state index contributed by atoms with van der Waals surface area (Å²) in [5, 5.41) is 13.8. The predicted molar refractivity (Wildman–Crippen MR) is 220 cm³/mol. The lowest BCUT2D eigenvalue weighted by Crippen LogP contribution is -2.55. The molecule has 0 radical (unpaired) electrons. The third-order valence-electron chi connectivity index (χ3n) is 13.4. The Kier molecular flexibility index (Phi) is 9.38. The number of hydrogen-bond donors (Lipinski definition) is 2. The van der Waals surface area contributed by atoms with Crippen LogP contribution >= 0.6 is 0 Å². The largest absolute Gasteiger partial charge is 0.394 e. The first-order chi connectivity index (χ1) is 27.5. The van der Waals surface area contributed by atoms with Crippen LogP contribution in [0.2, 0.25) is 18.6 Å². The van der Waals surface area contributed by atoms with E-state index in [-0.39, 0.29) is 30.7 Å². The number of aliphatic hydroxyl groups excluding tert-OH is 1. The number of carbonyl (C=O) groups is 3. The fraction of sp³-hybridized carbons (Fsp3) is 0.400. The van der Waals surface area contributed by atoms with E-state index in [2.05, 4.69) is 10.2 Å². The first-order valence-corrected chi connectivity index (χ1v) is 23.2. The van der Waals surface area contributed by atoms with E-state index in [1.165, 1.54) is 0 Å². The van der Waals surface area contributed by atoms with Gasteiger partial charge in [0.25, 0.3) is 11.8 Å². The van der Waals surface area contributed by atoms with E-state index in [9.17, 15) is 14.7 Å². The van der Waals surface area contributed by atoms with E-state index >= 15 is 8.90 Å². The van der Waals surface area contributed by atoms with Crippen LogP contribution in [0.4, 0.5) is 26.9 Å². The van der Waals surface area contributed by atoms with Gasteiger partial charge in [0.2, 0.25) is 14.3 Å². The molecule has 0 bridgehead atoms. The lowest BCUT2D eigenvalue weighted by molar-refractivity contribution is -0.150. The summed E-state index contributed by atoms with van der Waals surface area (Å²) in [6.45, 7) is 7.06. The van der Waals surface area contributed by atoms with Crippen LogP contribution in [0.15, 0.2) is 103 Å². The van der Waals surface area contributed by atoms with E-state index in [0.29, 0.717) is 55.1 Å². The molecule has 3 fully saturated rings. The molecule has 4 aromatic rings. The minimum absolute atomic E-state index is 0.00618. The first kappa shape index (κ1) is 37.7. The molecule has 10 nitrogen and oxygen atoms in total. The van der Waals surface area contributed by atoms with Crippen molar-refractivity contribution in [3.8, 4) is 0 Å². The number of ether oxygens (including phenoxy) is 1. The number of nitrogens with one attached hydrogen (secondary N) is 1. The second-order valence-corrected chi connectivity index (χ2v) is 20.7. The van der Waals surface area contributed by atoms with Crippen molar-refractivity contribution in [3.05, 3.63) is 120 Å². The average Bonchev–Trinajstić information content (AvgIpc) is 3.77. The fourth-order valence-corrected chi connectivity index (χ4v) is 13.2. The third kappa shape index (κ3) is 5.94. The third-order valence-corrected chi connectivity index (χ3v) is 15.8. The molecule has 5 aliphatic rings. The number of piperidine rings is 1. The Bertz CT molecular complexity index is 2200. The van der Waals surface area contributed by atoms with E-state index in [4.69, 9.17) is 4.74 Å². The average molecular weight is 788 g/mol. The molecular formula is C45H50FN5O5Si. The molecule has 2 N–H and O–H groups in total. The van der Waals surface area contributed by atoms with Crippen LogP contribution in [0, 0.1) is 5.92 Å². The van der Waals surface area contributed by atoms with Gasteiger partial charge in [-0.05, 0) is 99.0 Å². The Balaban J connectivity index is 1.12. The van der Waals surface area contributed by atoms with Crippen LogP contribution in [0.3, 0.4) is 0 Å². The summed E-state index contributed by atoms with van der Waals surface area (Å²) in [5.41, 5.74) is 2.50. The molecule has 9 rings (SSSR count). The number of aliphatic hydroxyl groups is 1. The number of hydrogen-bond acceptors (Lipinski definition) is 7. The quantitative estimate of drug-likeness (QED) is 0.165. The van der Waals surface area contributed by atoms with Gasteiger partial charge in [0, 0.05) is 40.6 Å². The van der Waals surface area contributed by atoms with Gasteiger partial charge in [-0.25, -0.2) is 0 Å². The Morgan fingerprint density at radius 2 is 1.53 bits per heavy atom. The summed E-state index contributed by atoms with van der Waals surface area (Å²) >= 11 is 0. The molecule has 0 aliphatic carbocycles. The number of amides is 3. The van der Waals surface area contributed by atoms with Crippen LogP contribution in [0.5, 0.6) is 0 Å².